The molecule has 5 nitrogen and oxygen atoms in total. The van der Waals surface area contributed by atoms with Gasteiger partial charge < -0.3 is 19.9 Å². The Morgan fingerprint density at radius 1 is 1.48 bits per heavy atom. The molecule has 1 heterocycles. The van der Waals surface area contributed by atoms with Gasteiger partial charge in [0.15, 0.2) is 6.10 Å². The Hall–Kier alpha value is -1.87. The van der Waals surface area contributed by atoms with Gasteiger partial charge in [-0.05, 0) is 12.0 Å². The molecule has 1 amide bonds. The van der Waals surface area contributed by atoms with Crippen molar-refractivity contribution < 1.29 is 19.4 Å². The number of aliphatic hydroxyl groups excluding tert-OH is 1. The summed E-state index contributed by atoms with van der Waals surface area (Å²) >= 11 is 0. The molecule has 1 fully saturated rings. The van der Waals surface area contributed by atoms with Crippen molar-refractivity contribution in [1.82, 2.24) is 5.32 Å². The topological polar surface area (TPSA) is 67.8 Å². The highest BCUT2D eigenvalue weighted by molar-refractivity contribution is 5.82. The van der Waals surface area contributed by atoms with Crippen molar-refractivity contribution in [1.29, 1.82) is 0 Å². The summed E-state index contributed by atoms with van der Waals surface area (Å²) in [6.07, 6.45) is 6.13. The fraction of sp³-hybridized carbons (Fsp3) is 0.550. The summed E-state index contributed by atoms with van der Waals surface area (Å²) in [5.74, 6) is 2.09. The first-order valence-electron chi connectivity index (χ1n) is 8.86. The van der Waals surface area contributed by atoms with E-state index in [0.717, 1.165) is 18.4 Å². The Labute approximate surface area is 149 Å². The summed E-state index contributed by atoms with van der Waals surface area (Å²) in [6.45, 7) is 2.61. The quantitative estimate of drug-likeness (QED) is 0.672. The van der Waals surface area contributed by atoms with Gasteiger partial charge in [-0.25, -0.2) is 0 Å². The third-order valence-corrected chi connectivity index (χ3v) is 4.34. The van der Waals surface area contributed by atoms with Gasteiger partial charge in [0.25, 0.3) is 5.91 Å². The van der Waals surface area contributed by atoms with Gasteiger partial charge in [0, 0.05) is 6.42 Å². The van der Waals surface area contributed by atoms with E-state index < -0.39 is 24.4 Å². The average Bonchev–Trinajstić information content (AvgIpc) is 3.07. The Kier molecular flexibility index (Phi) is 7.93. The van der Waals surface area contributed by atoms with Gasteiger partial charge in [0.2, 0.25) is 0 Å². The van der Waals surface area contributed by atoms with Crippen LogP contribution in [-0.2, 0) is 20.9 Å². The lowest BCUT2D eigenvalue weighted by Gasteiger charge is -2.19. The highest BCUT2D eigenvalue weighted by atomic mass is 16.6. The van der Waals surface area contributed by atoms with Crippen LogP contribution >= 0.6 is 0 Å². The maximum atomic E-state index is 12.3. The minimum absolute atomic E-state index is 0.146. The zero-order valence-corrected chi connectivity index (χ0v) is 14.7. The first-order chi connectivity index (χ1) is 12.2. The molecule has 0 saturated carbocycles. The molecular formula is C20H27NO4. The lowest BCUT2D eigenvalue weighted by molar-refractivity contribution is -0.140. The van der Waals surface area contributed by atoms with Gasteiger partial charge in [0.1, 0.15) is 0 Å². The fourth-order valence-electron chi connectivity index (χ4n) is 2.93. The molecule has 2 rings (SSSR count). The van der Waals surface area contributed by atoms with E-state index in [2.05, 4.69) is 18.2 Å². The van der Waals surface area contributed by atoms with Gasteiger partial charge in [-0.2, -0.15) is 0 Å². The van der Waals surface area contributed by atoms with E-state index in [0.29, 0.717) is 19.4 Å². The normalized spacial score (nSPS) is 23.8. The van der Waals surface area contributed by atoms with E-state index in [1.54, 1.807) is 0 Å². The molecule has 5 heteroatoms. The van der Waals surface area contributed by atoms with Crippen LogP contribution in [0.25, 0.3) is 0 Å². The molecule has 0 bridgehead atoms. The predicted octanol–water partition coefficient (Wildman–Crippen LogP) is 2.03. The zero-order chi connectivity index (χ0) is 18.1. The van der Waals surface area contributed by atoms with E-state index >= 15 is 0 Å². The summed E-state index contributed by atoms with van der Waals surface area (Å²) in [5, 5.41) is 13.0. The molecule has 0 aliphatic carbocycles. The van der Waals surface area contributed by atoms with Gasteiger partial charge in [0.05, 0.1) is 31.5 Å². The van der Waals surface area contributed by atoms with Crippen LogP contribution in [0.5, 0.6) is 0 Å². The van der Waals surface area contributed by atoms with Crippen LogP contribution in [0.2, 0.25) is 0 Å². The fourth-order valence-corrected chi connectivity index (χ4v) is 2.93. The van der Waals surface area contributed by atoms with Crippen LogP contribution in [0, 0.1) is 12.3 Å². The largest absolute Gasteiger partial charge is 0.390 e. The SMILES string of the molecule is C#CCNC(=O)C1OC(C(O)CCCC)CC1OCc1ccccc1. The van der Waals surface area contributed by atoms with Crippen LogP contribution < -0.4 is 5.32 Å². The maximum Gasteiger partial charge on any atom is 0.252 e. The molecule has 25 heavy (non-hydrogen) atoms. The summed E-state index contributed by atoms with van der Waals surface area (Å²) in [6, 6.07) is 9.77. The van der Waals surface area contributed by atoms with Crippen molar-refractivity contribution in [2.24, 2.45) is 0 Å². The van der Waals surface area contributed by atoms with Crippen LogP contribution in [-0.4, -0.2) is 42.0 Å². The van der Waals surface area contributed by atoms with Gasteiger partial charge in [-0.15, -0.1) is 6.42 Å². The second-order valence-electron chi connectivity index (χ2n) is 6.30. The Balaban J connectivity index is 1.98. The molecule has 4 atom stereocenters. The summed E-state index contributed by atoms with van der Waals surface area (Å²) in [4.78, 5) is 12.3. The lowest BCUT2D eigenvalue weighted by atomic mass is 10.0. The number of amides is 1. The Bertz CT molecular complexity index is 569. The van der Waals surface area contributed by atoms with Gasteiger partial charge in [-0.1, -0.05) is 56.0 Å². The molecule has 2 N–H and O–H groups in total. The Morgan fingerprint density at radius 2 is 2.24 bits per heavy atom. The number of hydrogen-bond acceptors (Lipinski definition) is 4. The van der Waals surface area contributed by atoms with E-state index in [1.165, 1.54) is 0 Å². The van der Waals surface area contributed by atoms with Crippen molar-refractivity contribution in [2.75, 3.05) is 6.54 Å². The molecular weight excluding hydrogens is 318 g/mol. The molecule has 0 spiro atoms. The zero-order valence-electron chi connectivity index (χ0n) is 14.7. The van der Waals surface area contributed by atoms with Crippen LogP contribution in [0.15, 0.2) is 30.3 Å². The summed E-state index contributed by atoms with van der Waals surface area (Å²) < 4.78 is 11.8. The van der Waals surface area contributed by atoms with Crippen LogP contribution in [0.3, 0.4) is 0 Å². The molecule has 0 aromatic heterocycles. The number of hydrogen-bond donors (Lipinski definition) is 2. The Morgan fingerprint density at radius 3 is 2.92 bits per heavy atom. The van der Waals surface area contributed by atoms with E-state index in [-0.39, 0.29) is 12.5 Å². The molecule has 1 saturated heterocycles. The van der Waals surface area contributed by atoms with Crippen molar-refractivity contribution in [3.8, 4) is 12.3 Å². The van der Waals surface area contributed by atoms with Crippen LogP contribution in [0.4, 0.5) is 0 Å². The van der Waals surface area contributed by atoms with Crippen molar-refractivity contribution in [3.05, 3.63) is 35.9 Å². The van der Waals surface area contributed by atoms with Gasteiger partial charge >= 0.3 is 0 Å². The van der Waals surface area contributed by atoms with Gasteiger partial charge in [-0.3, -0.25) is 4.79 Å². The second-order valence-corrected chi connectivity index (χ2v) is 6.30. The van der Waals surface area contributed by atoms with Crippen LogP contribution in [0.1, 0.15) is 38.2 Å². The molecule has 1 aliphatic rings. The number of nitrogens with one attached hydrogen (secondary N) is 1. The van der Waals surface area contributed by atoms with E-state index in [1.807, 2.05) is 30.3 Å². The molecule has 0 radical (unpaired) electrons. The maximum absolute atomic E-state index is 12.3. The highest BCUT2D eigenvalue weighted by Crippen LogP contribution is 2.28. The smallest absolute Gasteiger partial charge is 0.252 e. The second kappa shape index (κ2) is 10.2. The minimum atomic E-state index is -0.752. The number of benzene rings is 1. The van der Waals surface area contributed by atoms with E-state index in [9.17, 15) is 9.90 Å². The molecule has 1 aromatic rings. The first kappa shape index (κ1) is 19.5. The first-order valence-corrected chi connectivity index (χ1v) is 8.86. The number of carbonyl (C=O) groups excluding carboxylic acids is 1. The molecule has 1 aliphatic heterocycles. The number of terminal acetylenes is 1. The van der Waals surface area contributed by atoms with E-state index in [4.69, 9.17) is 15.9 Å². The molecule has 136 valence electrons. The molecule has 4 unspecified atom stereocenters. The number of unbranched alkanes of at least 4 members (excludes halogenated alkanes) is 1. The number of rotatable bonds is 9. The van der Waals surface area contributed by atoms with Crippen molar-refractivity contribution in [3.63, 3.8) is 0 Å². The highest BCUT2D eigenvalue weighted by Gasteiger charge is 2.43. The summed E-state index contributed by atoms with van der Waals surface area (Å²) in [5.41, 5.74) is 1.03. The lowest BCUT2D eigenvalue weighted by Crippen LogP contribution is -2.41. The third-order valence-electron chi connectivity index (χ3n) is 4.34. The molecule has 1 aromatic carbocycles. The standard InChI is InChI=1S/C20H27NO4/c1-3-5-11-16(22)17-13-18(19(25-17)20(23)21-12-4-2)24-14-15-9-7-6-8-10-15/h2,6-10,16-19,22H,3,5,11-14H2,1H3,(H,21,23). The predicted molar refractivity (Wildman–Crippen MR) is 95.7 cm³/mol. The minimum Gasteiger partial charge on any atom is -0.390 e. The monoisotopic (exact) mass is 345 g/mol. The number of aliphatic hydroxyl groups is 1. The average molecular weight is 345 g/mol. The van der Waals surface area contributed by atoms with Crippen molar-refractivity contribution >= 4 is 5.91 Å². The van der Waals surface area contributed by atoms with Crippen molar-refractivity contribution in [2.45, 2.75) is 63.6 Å². The summed E-state index contributed by atoms with van der Waals surface area (Å²) in [7, 11) is 0. The number of carbonyl (C=O) groups is 1. The number of ether oxygens (including phenoxy) is 2. The third kappa shape index (κ3) is 5.86.